The summed E-state index contributed by atoms with van der Waals surface area (Å²) in [5, 5.41) is -0.352. The Kier molecular flexibility index (Phi) is 3.60. The molecule has 22 heavy (non-hydrogen) atoms. The number of para-hydroxylation sites is 1. The van der Waals surface area contributed by atoms with Crippen molar-refractivity contribution in [3.8, 4) is 5.69 Å². The van der Waals surface area contributed by atoms with Gasteiger partial charge in [-0.15, -0.1) is 0 Å². The highest BCUT2D eigenvalue weighted by Crippen LogP contribution is 2.39. The van der Waals surface area contributed by atoms with E-state index in [1.807, 2.05) is 41.8 Å². The van der Waals surface area contributed by atoms with E-state index in [9.17, 15) is 13.2 Å². The minimum Gasteiger partial charge on any atom is -0.296 e. The molecule has 0 aliphatic rings. The molecule has 3 aromatic rings. The lowest BCUT2D eigenvalue weighted by Crippen LogP contribution is -2.06. The first-order chi connectivity index (χ1) is 10.4. The van der Waals surface area contributed by atoms with E-state index < -0.39 is 11.7 Å². The lowest BCUT2D eigenvalue weighted by molar-refractivity contribution is -0.137. The Hall–Kier alpha value is -2.01. The van der Waals surface area contributed by atoms with Gasteiger partial charge < -0.3 is 0 Å². The molecular weight excluding hydrogens is 313 g/mol. The van der Waals surface area contributed by atoms with Gasteiger partial charge in [0, 0.05) is 12.1 Å². The summed E-state index contributed by atoms with van der Waals surface area (Å²) in [6.45, 7) is 1.90. The Bertz CT molecular complexity index is 823. The van der Waals surface area contributed by atoms with Crippen molar-refractivity contribution in [3.05, 3.63) is 58.9 Å². The van der Waals surface area contributed by atoms with Crippen molar-refractivity contribution in [2.24, 2.45) is 0 Å². The van der Waals surface area contributed by atoms with Gasteiger partial charge in [-0.1, -0.05) is 36.7 Å². The lowest BCUT2D eigenvalue weighted by atomic mass is 10.2. The van der Waals surface area contributed by atoms with Crippen molar-refractivity contribution in [2.75, 3.05) is 0 Å². The average molecular weight is 325 g/mol. The number of halogens is 4. The molecule has 0 amide bonds. The molecule has 3 rings (SSSR count). The zero-order valence-electron chi connectivity index (χ0n) is 11.7. The number of rotatable bonds is 2. The standard InChI is InChI=1S/C16H12ClF3N2/c1-2-13-21-15-12(22(13)10-6-4-3-5-7-10)9-8-11(14(15)17)16(18,19)20/h3-9H,2H2,1H3. The van der Waals surface area contributed by atoms with Crippen LogP contribution in [-0.4, -0.2) is 9.55 Å². The zero-order chi connectivity index (χ0) is 15.9. The first kappa shape index (κ1) is 14.9. The van der Waals surface area contributed by atoms with E-state index in [4.69, 9.17) is 11.6 Å². The summed E-state index contributed by atoms with van der Waals surface area (Å²) in [7, 11) is 0. The second-order valence-corrected chi connectivity index (χ2v) is 5.22. The maximum Gasteiger partial charge on any atom is 0.417 e. The SMILES string of the molecule is CCc1nc2c(Cl)c(C(F)(F)F)ccc2n1-c1ccccc1. The van der Waals surface area contributed by atoms with E-state index in [-0.39, 0.29) is 10.5 Å². The topological polar surface area (TPSA) is 17.8 Å². The Morgan fingerprint density at radius 2 is 1.77 bits per heavy atom. The van der Waals surface area contributed by atoms with Gasteiger partial charge in [0.1, 0.15) is 11.3 Å². The molecule has 0 spiro atoms. The van der Waals surface area contributed by atoms with Gasteiger partial charge in [-0.2, -0.15) is 13.2 Å². The molecule has 0 saturated heterocycles. The van der Waals surface area contributed by atoms with Gasteiger partial charge in [0.25, 0.3) is 0 Å². The molecule has 6 heteroatoms. The minimum absolute atomic E-state index is 0.178. The van der Waals surface area contributed by atoms with Crippen LogP contribution in [0.5, 0.6) is 0 Å². The summed E-state index contributed by atoms with van der Waals surface area (Å²) in [6.07, 6.45) is -3.91. The van der Waals surface area contributed by atoms with Crippen molar-refractivity contribution in [3.63, 3.8) is 0 Å². The number of aromatic nitrogens is 2. The molecular formula is C16H12ClF3N2. The van der Waals surface area contributed by atoms with Crippen molar-refractivity contribution in [1.29, 1.82) is 0 Å². The van der Waals surface area contributed by atoms with Crippen molar-refractivity contribution in [2.45, 2.75) is 19.5 Å². The highest BCUT2D eigenvalue weighted by molar-refractivity contribution is 6.35. The lowest BCUT2D eigenvalue weighted by Gasteiger charge is -2.10. The molecule has 114 valence electrons. The van der Waals surface area contributed by atoms with E-state index in [1.54, 1.807) is 0 Å². The van der Waals surface area contributed by atoms with Gasteiger partial charge in [0.05, 0.1) is 16.1 Å². The molecule has 1 aromatic heterocycles. The fourth-order valence-electron chi connectivity index (χ4n) is 2.48. The van der Waals surface area contributed by atoms with Gasteiger partial charge in [0.2, 0.25) is 0 Å². The largest absolute Gasteiger partial charge is 0.417 e. The first-order valence-corrected chi connectivity index (χ1v) is 7.13. The van der Waals surface area contributed by atoms with E-state index in [2.05, 4.69) is 4.98 Å². The van der Waals surface area contributed by atoms with Crippen LogP contribution in [0.4, 0.5) is 13.2 Å². The number of aryl methyl sites for hydroxylation is 1. The summed E-state index contributed by atoms with van der Waals surface area (Å²) in [5.41, 5.74) is 0.734. The third-order valence-corrected chi connectivity index (χ3v) is 3.85. The van der Waals surface area contributed by atoms with Crippen molar-refractivity contribution in [1.82, 2.24) is 9.55 Å². The van der Waals surface area contributed by atoms with E-state index in [0.29, 0.717) is 17.8 Å². The molecule has 0 atom stereocenters. The predicted molar refractivity (Wildman–Crippen MR) is 80.5 cm³/mol. The van der Waals surface area contributed by atoms with Crippen LogP contribution in [0.25, 0.3) is 16.7 Å². The number of alkyl halides is 3. The Morgan fingerprint density at radius 1 is 1.09 bits per heavy atom. The molecule has 2 aromatic carbocycles. The van der Waals surface area contributed by atoms with Crippen LogP contribution in [-0.2, 0) is 12.6 Å². The van der Waals surface area contributed by atoms with Gasteiger partial charge in [0.15, 0.2) is 0 Å². The molecule has 0 bridgehead atoms. The van der Waals surface area contributed by atoms with Gasteiger partial charge in [-0.3, -0.25) is 4.57 Å². The van der Waals surface area contributed by atoms with Crippen LogP contribution < -0.4 is 0 Å². The van der Waals surface area contributed by atoms with E-state index >= 15 is 0 Å². The number of nitrogens with zero attached hydrogens (tertiary/aromatic N) is 2. The minimum atomic E-state index is -4.49. The normalized spacial score (nSPS) is 12.0. The van der Waals surface area contributed by atoms with Crippen LogP contribution in [0.2, 0.25) is 5.02 Å². The number of benzene rings is 2. The smallest absolute Gasteiger partial charge is 0.296 e. The zero-order valence-corrected chi connectivity index (χ0v) is 12.4. The monoisotopic (exact) mass is 324 g/mol. The maximum atomic E-state index is 13.0. The highest BCUT2D eigenvalue weighted by atomic mass is 35.5. The van der Waals surface area contributed by atoms with E-state index in [1.165, 1.54) is 6.07 Å². The van der Waals surface area contributed by atoms with Crippen LogP contribution in [0, 0.1) is 0 Å². The van der Waals surface area contributed by atoms with Crippen LogP contribution in [0.1, 0.15) is 18.3 Å². The van der Waals surface area contributed by atoms with Crippen LogP contribution in [0.3, 0.4) is 0 Å². The number of hydrogen-bond acceptors (Lipinski definition) is 1. The Balaban J connectivity index is 2.33. The molecule has 0 radical (unpaired) electrons. The highest BCUT2D eigenvalue weighted by Gasteiger charge is 2.34. The molecule has 0 unspecified atom stereocenters. The molecule has 0 fully saturated rings. The molecule has 0 saturated carbocycles. The van der Waals surface area contributed by atoms with Gasteiger partial charge >= 0.3 is 6.18 Å². The number of hydrogen-bond donors (Lipinski definition) is 0. The summed E-state index contributed by atoms with van der Waals surface area (Å²) in [5.74, 6) is 0.669. The molecule has 0 aliphatic carbocycles. The third kappa shape index (κ3) is 2.35. The predicted octanol–water partition coefficient (Wildman–Crippen LogP) is 5.26. The second-order valence-electron chi connectivity index (χ2n) is 4.85. The molecule has 1 heterocycles. The number of fused-ring (bicyclic) bond motifs is 1. The van der Waals surface area contributed by atoms with E-state index in [0.717, 1.165) is 11.8 Å². The number of imidazole rings is 1. The summed E-state index contributed by atoms with van der Waals surface area (Å²) in [6, 6.07) is 11.8. The summed E-state index contributed by atoms with van der Waals surface area (Å²) < 4.78 is 40.7. The Morgan fingerprint density at radius 3 is 2.36 bits per heavy atom. The molecule has 0 aliphatic heterocycles. The fourth-order valence-corrected chi connectivity index (χ4v) is 2.79. The summed E-state index contributed by atoms with van der Waals surface area (Å²) >= 11 is 5.96. The van der Waals surface area contributed by atoms with Gasteiger partial charge in [-0.05, 0) is 24.3 Å². The van der Waals surface area contributed by atoms with Gasteiger partial charge in [-0.25, -0.2) is 4.98 Å². The average Bonchev–Trinajstić information content (AvgIpc) is 2.86. The molecule has 2 nitrogen and oxygen atoms in total. The van der Waals surface area contributed by atoms with Crippen LogP contribution in [0.15, 0.2) is 42.5 Å². The summed E-state index contributed by atoms with van der Waals surface area (Å²) in [4.78, 5) is 4.31. The van der Waals surface area contributed by atoms with Crippen molar-refractivity contribution < 1.29 is 13.2 Å². The van der Waals surface area contributed by atoms with Crippen LogP contribution >= 0.6 is 11.6 Å². The Labute approximate surface area is 130 Å². The third-order valence-electron chi connectivity index (χ3n) is 3.47. The van der Waals surface area contributed by atoms with Crippen molar-refractivity contribution >= 4 is 22.6 Å². The molecule has 0 N–H and O–H groups in total. The fraction of sp³-hybridized carbons (Fsp3) is 0.188. The quantitative estimate of drug-likeness (QED) is 0.628. The first-order valence-electron chi connectivity index (χ1n) is 6.76. The second kappa shape index (κ2) is 5.32. The maximum absolute atomic E-state index is 13.0.